The molecule has 0 fully saturated rings. The van der Waals surface area contributed by atoms with E-state index in [9.17, 15) is 31.1 Å². The van der Waals surface area contributed by atoms with Crippen LogP contribution >= 0.6 is 0 Å². The molecule has 1 aromatic heterocycles. The number of hydrogen-bond donors (Lipinski definition) is 1. The van der Waals surface area contributed by atoms with E-state index in [2.05, 4.69) is 10.4 Å². The second-order valence-electron chi connectivity index (χ2n) is 6.41. The highest BCUT2D eigenvalue weighted by molar-refractivity contribution is 5.70. The third-order valence-corrected chi connectivity index (χ3v) is 4.21. The summed E-state index contributed by atoms with van der Waals surface area (Å²) < 4.78 is 89.4. The zero-order valence-corrected chi connectivity index (χ0v) is 16.3. The zero-order valence-electron chi connectivity index (χ0n) is 16.3. The Bertz CT molecular complexity index is 1090. The van der Waals surface area contributed by atoms with Crippen LogP contribution in [0.5, 0.6) is 11.5 Å². The molecule has 0 aliphatic carbocycles. The number of carbonyl (C=O) groups is 1. The van der Waals surface area contributed by atoms with E-state index in [1.54, 1.807) is 0 Å². The van der Waals surface area contributed by atoms with Crippen LogP contribution in [0.4, 0.5) is 31.1 Å². The number of carbonyl (C=O) groups excluding carboxylic acids is 1. The maximum Gasteiger partial charge on any atom is 0.437 e. The van der Waals surface area contributed by atoms with E-state index in [-0.39, 0.29) is 11.3 Å². The van der Waals surface area contributed by atoms with Crippen LogP contribution in [0.2, 0.25) is 0 Å². The summed E-state index contributed by atoms with van der Waals surface area (Å²) in [7, 11) is 1.40. The van der Waals surface area contributed by atoms with Gasteiger partial charge < -0.3 is 14.8 Å². The predicted molar refractivity (Wildman–Crippen MR) is 99.4 cm³/mol. The number of nitrogens with zero attached hydrogens (tertiary/aromatic N) is 2. The summed E-state index contributed by atoms with van der Waals surface area (Å²) in [4.78, 5) is 12.0. The summed E-state index contributed by atoms with van der Waals surface area (Å²) in [6, 6.07) is 9.65. The fraction of sp³-hybridized carbons (Fsp3) is 0.200. The summed E-state index contributed by atoms with van der Waals surface area (Å²) >= 11 is 0. The quantitative estimate of drug-likeness (QED) is 0.533. The lowest BCUT2D eigenvalue weighted by molar-refractivity contribution is -0.143. The van der Waals surface area contributed by atoms with Gasteiger partial charge in [-0.15, -0.1) is 0 Å². The SMILES string of the molecule is COc1ccc(-n2ncc(OC(=O)NCc3cccc(C(F)(F)F)c3)c2C(F)(F)F)cc1. The van der Waals surface area contributed by atoms with Gasteiger partial charge in [0, 0.05) is 6.54 Å². The van der Waals surface area contributed by atoms with Gasteiger partial charge in [-0.2, -0.15) is 31.4 Å². The summed E-state index contributed by atoms with van der Waals surface area (Å²) in [6.07, 6.45) is -10.1. The number of alkyl halides is 6. The number of halogens is 6. The Hall–Kier alpha value is -3.70. The minimum Gasteiger partial charge on any atom is -0.497 e. The molecule has 0 aliphatic heterocycles. The highest BCUT2D eigenvalue weighted by Gasteiger charge is 2.40. The lowest BCUT2D eigenvalue weighted by Gasteiger charge is -2.13. The van der Waals surface area contributed by atoms with Crippen LogP contribution in [0.1, 0.15) is 16.8 Å². The molecule has 1 N–H and O–H groups in total. The van der Waals surface area contributed by atoms with E-state index >= 15 is 0 Å². The van der Waals surface area contributed by atoms with Gasteiger partial charge in [0.05, 0.1) is 24.6 Å². The molecule has 32 heavy (non-hydrogen) atoms. The van der Waals surface area contributed by atoms with Crippen molar-refractivity contribution in [3.8, 4) is 17.2 Å². The predicted octanol–water partition coefficient (Wildman–Crippen LogP) is 5.21. The van der Waals surface area contributed by atoms with Gasteiger partial charge >= 0.3 is 18.4 Å². The Morgan fingerprint density at radius 3 is 2.31 bits per heavy atom. The van der Waals surface area contributed by atoms with Crippen molar-refractivity contribution in [3.05, 3.63) is 71.5 Å². The van der Waals surface area contributed by atoms with Crippen molar-refractivity contribution in [2.45, 2.75) is 18.9 Å². The fourth-order valence-corrected chi connectivity index (χ4v) is 2.75. The Balaban J connectivity index is 1.77. The van der Waals surface area contributed by atoms with Gasteiger partial charge in [-0.3, -0.25) is 0 Å². The van der Waals surface area contributed by atoms with Crippen molar-refractivity contribution in [2.75, 3.05) is 7.11 Å². The third-order valence-electron chi connectivity index (χ3n) is 4.21. The first-order valence-electron chi connectivity index (χ1n) is 8.90. The lowest BCUT2D eigenvalue weighted by atomic mass is 10.1. The van der Waals surface area contributed by atoms with Crippen molar-refractivity contribution < 1.29 is 40.6 Å². The fourth-order valence-electron chi connectivity index (χ4n) is 2.75. The molecule has 0 aliphatic rings. The van der Waals surface area contributed by atoms with Crippen LogP contribution in [0.3, 0.4) is 0 Å². The van der Waals surface area contributed by atoms with Gasteiger partial charge in [0.1, 0.15) is 5.75 Å². The van der Waals surface area contributed by atoms with E-state index < -0.39 is 42.0 Å². The standard InChI is InChI=1S/C20H15F6N3O3/c1-31-15-7-5-14(6-8-15)29-17(20(24,25)26)16(11-28-29)32-18(30)27-10-12-3-2-4-13(9-12)19(21,22)23/h2-9,11H,10H2,1H3,(H,27,30). The number of methoxy groups -OCH3 is 1. The van der Waals surface area contributed by atoms with Crippen molar-refractivity contribution in [1.29, 1.82) is 0 Å². The molecule has 6 nitrogen and oxygen atoms in total. The minimum atomic E-state index is -4.92. The number of hydrogen-bond acceptors (Lipinski definition) is 4. The number of rotatable bonds is 5. The van der Waals surface area contributed by atoms with Gasteiger partial charge in [-0.05, 0) is 42.0 Å². The Morgan fingerprint density at radius 1 is 1.03 bits per heavy atom. The van der Waals surface area contributed by atoms with Crippen LogP contribution in [0, 0.1) is 0 Å². The largest absolute Gasteiger partial charge is 0.497 e. The molecule has 2 aromatic carbocycles. The number of ether oxygens (including phenoxy) is 2. The van der Waals surface area contributed by atoms with Crippen LogP contribution in [-0.4, -0.2) is 23.0 Å². The van der Waals surface area contributed by atoms with Gasteiger partial charge in [0.2, 0.25) is 0 Å². The van der Waals surface area contributed by atoms with Gasteiger partial charge in [-0.1, -0.05) is 12.1 Å². The molecule has 0 unspecified atom stereocenters. The highest BCUT2D eigenvalue weighted by Crippen LogP contribution is 2.38. The maximum atomic E-state index is 13.6. The normalized spacial score (nSPS) is 11.8. The number of nitrogens with one attached hydrogen (secondary N) is 1. The molecular formula is C20H15F6N3O3. The van der Waals surface area contributed by atoms with Gasteiger partial charge in [-0.25, -0.2) is 9.48 Å². The topological polar surface area (TPSA) is 65.4 Å². The van der Waals surface area contributed by atoms with Crippen molar-refractivity contribution in [1.82, 2.24) is 15.1 Å². The number of benzene rings is 2. The summed E-state index contributed by atoms with van der Waals surface area (Å²) in [5, 5.41) is 5.76. The number of amides is 1. The second kappa shape index (κ2) is 8.81. The molecule has 0 saturated heterocycles. The van der Waals surface area contributed by atoms with Crippen molar-refractivity contribution in [3.63, 3.8) is 0 Å². The first-order chi connectivity index (χ1) is 15.0. The molecular weight excluding hydrogens is 444 g/mol. The van der Waals surface area contributed by atoms with E-state index in [1.807, 2.05) is 0 Å². The van der Waals surface area contributed by atoms with Gasteiger partial charge in [0.25, 0.3) is 0 Å². The molecule has 170 valence electrons. The van der Waals surface area contributed by atoms with Crippen LogP contribution < -0.4 is 14.8 Å². The second-order valence-corrected chi connectivity index (χ2v) is 6.41. The molecule has 12 heteroatoms. The molecule has 0 bridgehead atoms. The Morgan fingerprint density at radius 2 is 1.72 bits per heavy atom. The van der Waals surface area contributed by atoms with Crippen LogP contribution in [0.15, 0.2) is 54.7 Å². The molecule has 1 amide bonds. The highest BCUT2D eigenvalue weighted by atomic mass is 19.4. The van der Waals surface area contributed by atoms with E-state index in [0.717, 1.165) is 24.4 Å². The first-order valence-corrected chi connectivity index (χ1v) is 8.90. The average molecular weight is 459 g/mol. The summed E-state index contributed by atoms with van der Waals surface area (Å²) in [5.74, 6) is -0.449. The number of aromatic nitrogens is 2. The van der Waals surface area contributed by atoms with Crippen molar-refractivity contribution in [2.24, 2.45) is 0 Å². The molecule has 3 rings (SSSR count). The Labute approximate surface area is 177 Å². The molecule has 3 aromatic rings. The summed E-state index contributed by atoms with van der Waals surface area (Å²) in [6.45, 7) is -0.392. The zero-order chi connectivity index (χ0) is 23.5. The first kappa shape index (κ1) is 23.0. The van der Waals surface area contributed by atoms with Gasteiger partial charge in [0.15, 0.2) is 11.4 Å². The lowest BCUT2D eigenvalue weighted by Crippen LogP contribution is -2.27. The van der Waals surface area contributed by atoms with E-state index in [1.165, 1.54) is 37.4 Å². The average Bonchev–Trinajstić information content (AvgIpc) is 3.16. The van der Waals surface area contributed by atoms with E-state index in [4.69, 9.17) is 9.47 Å². The van der Waals surface area contributed by atoms with E-state index in [0.29, 0.717) is 10.4 Å². The minimum absolute atomic E-state index is 0.0392. The summed E-state index contributed by atoms with van der Waals surface area (Å²) in [5.41, 5.74) is -2.14. The van der Waals surface area contributed by atoms with Crippen LogP contribution in [-0.2, 0) is 18.9 Å². The van der Waals surface area contributed by atoms with Crippen LogP contribution in [0.25, 0.3) is 5.69 Å². The molecule has 0 saturated carbocycles. The molecule has 0 spiro atoms. The molecule has 0 radical (unpaired) electrons. The molecule has 0 atom stereocenters. The smallest absolute Gasteiger partial charge is 0.437 e. The third kappa shape index (κ3) is 5.31. The Kier molecular flexibility index (Phi) is 6.32. The maximum absolute atomic E-state index is 13.6. The monoisotopic (exact) mass is 459 g/mol. The van der Waals surface area contributed by atoms with Crippen molar-refractivity contribution >= 4 is 6.09 Å². The molecule has 1 heterocycles.